The first-order valence-electron chi connectivity index (χ1n) is 3.33. The number of carboxylic acid groups (broad SMARTS) is 1. The van der Waals surface area contributed by atoms with Gasteiger partial charge in [-0.25, -0.2) is 4.79 Å². The second-order valence-corrected chi connectivity index (χ2v) is 3.33. The molecule has 0 unspecified atom stereocenters. The first-order valence-corrected chi connectivity index (χ1v) is 4.14. The standard InChI is InChI=1S/C8H8O3S/c9-5-7-2-1-6(12-7)3-4-8(10)11/h1-4,9H,5H2,(H,10,11). The summed E-state index contributed by atoms with van der Waals surface area (Å²) in [6.45, 7) is 0.00553. The zero-order chi connectivity index (χ0) is 8.97. The quantitative estimate of drug-likeness (QED) is 0.697. The maximum atomic E-state index is 10.1. The smallest absolute Gasteiger partial charge is 0.328 e. The monoisotopic (exact) mass is 184 g/mol. The largest absolute Gasteiger partial charge is 0.478 e. The highest BCUT2D eigenvalue weighted by atomic mass is 32.1. The van der Waals surface area contributed by atoms with Crippen molar-refractivity contribution in [1.82, 2.24) is 0 Å². The Hall–Kier alpha value is -1.13. The summed E-state index contributed by atoms with van der Waals surface area (Å²) in [5, 5.41) is 17.0. The Balaban J connectivity index is 2.70. The Morgan fingerprint density at radius 3 is 2.83 bits per heavy atom. The molecule has 0 aromatic carbocycles. The summed E-state index contributed by atoms with van der Waals surface area (Å²) in [6, 6.07) is 3.54. The number of rotatable bonds is 3. The minimum atomic E-state index is -0.964. The van der Waals surface area contributed by atoms with Crippen molar-refractivity contribution in [2.24, 2.45) is 0 Å². The van der Waals surface area contributed by atoms with Crippen molar-refractivity contribution in [2.75, 3.05) is 0 Å². The van der Waals surface area contributed by atoms with Crippen LogP contribution in [0.2, 0.25) is 0 Å². The molecule has 0 saturated heterocycles. The van der Waals surface area contributed by atoms with Gasteiger partial charge >= 0.3 is 5.97 Å². The lowest BCUT2D eigenvalue weighted by atomic mass is 10.4. The summed E-state index contributed by atoms with van der Waals surface area (Å²) in [7, 11) is 0. The van der Waals surface area contributed by atoms with E-state index < -0.39 is 5.97 Å². The van der Waals surface area contributed by atoms with Crippen LogP contribution in [0.15, 0.2) is 18.2 Å². The fourth-order valence-electron chi connectivity index (χ4n) is 0.722. The Morgan fingerprint density at radius 2 is 2.33 bits per heavy atom. The summed E-state index contributed by atoms with van der Waals surface area (Å²) in [5.41, 5.74) is 0. The summed E-state index contributed by atoms with van der Waals surface area (Å²) < 4.78 is 0. The van der Waals surface area contributed by atoms with Crippen LogP contribution in [0.5, 0.6) is 0 Å². The van der Waals surface area contributed by atoms with Gasteiger partial charge < -0.3 is 10.2 Å². The first kappa shape index (κ1) is 8.96. The van der Waals surface area contributed by atoms with Crippen molar-refractivity contribution >= 4 is 23.4 Å². The van der Waals surface area contributed by atoms with Gasteiger partial charge in [-0.3, -0.25) is 0 Å². The van der Waals surface area contributed by atoms with Crippen LogP contribution in [0.1, 0.15) is 9.75 Å². The van der Waals surface area contributed by atoms with Crippen molar-refractivity contribution in [3.8, 4) is 0 Å². The fourth-order valence-corrected chi connectivity index (χ4v) is 1.50. The predicted molar refractivity (Wildman–Crippen MR) is 46.9 cm³/mol. The molecular formula is C8H8O3S. The molecule has 0 radical (unpaired) electrons. The van der Waals surface area contributed by atoms with Crippen LogP contribution in [0.4, 0.5) is 0 Å². The second-order valence-electron chi connectivity index (χ2n) is 2.13. The third-order valence-electron chi connectivity index (χ3n) is 1.23. The van der Waals surface area contributed by atoms with Crippen molar-refractivity contribution in [3.05, 3.63) is 28.0 Å². The van der Waals surface area contributed by atoms with Gasteiger partial charge in [0, 0.05) is 15.8 Å². The molecular weight excluding hydrogens is 176 g/mol. The van der Waals surface area contributed by atoms with E-state index in [1.54, 1.807) is 12.1 Å². The van der Waals surface area contributed by atoms with E-state index in [9.17, 15) is 4.79 Å². The predicted octanol–water partition coefficient (Wildman–Crippen LogP) is 1.34. The maximum absolute atomic E-state index is 10.1. The topological polar surface area (TPSA) is 57.5 Å². The van der Waals surface area contributed by atoms with Crippen molar-refractivity contribution in [1.29, 1.82) is 0 Å². The molecule has 1 aromatic heterocycles. The van der Waals surface area contributed by atoms with Gasteiger partial charge in [-0.05, 0) is 18.2 Å². The van der Waals surface area contributed by atoms with Gasteiger partial charge in [0.05, 0.1) is 6.61 Å². The van der Waals surface area contributed by atoms with E-state index in [4.69, 9.17) is 10.2 Å². The maximum Gasteiger partial charge on any atom is 0.328 e. The summed E-state index contributed by atoms with van der Waals surface area (Å²) in [6.07, 6.45) is 2.58. The number of aliphatic carboxylic acids is 1. The molecule has 1 heterocycles. The average molecular weight is 184 g/mol. The third-order valence-corrected chi connectivity index (χ3v) is 2.26. The van der Waals surface area contributed by atoms with Gasteiger partial charge in [0.1, 0.15) is 0 Å². The molecule has 0 spiro atoms. The van der Waals surface area contributed by atoms with Gasteiger partial charge in [-0.15, -0.1) is 11.3 Å². The summed E-state index contributed by atoms with van der Waals surface area (Å²) >= 11 is 1.37. The first-order chi connectivity index (χ1) is 5.72. The Labute approximate surface area is 73.6 Å². The molecule has 4 heteroatoms. The molecule has 2 N–H and O–H groups in total. The van der Waals surface area contributed by atoms with Crippen LogP contribution in [0, 0.1) is 0 Å². The molecule has 1 rings (SSSR count). The summed E-state index contributed by atoms with van der Waals surface area (Å²) in [5.74, 6) is -0.964. The molecule has 0 aliphatic heterocycles. The molecule has 64 valence electrons. The Bertz CT molecular complexity index is 301. The Morgan fingerprint density at radius 1 is 1.58 bits per heavy atom. The van der Waals surface area contributed by atoms with E-state index >= 15 is 0 Å². The fraction of sp³-hybridized carbons (Fsp3) is 0.125. The highest BCUT2D eigenvalue weighted by molar-refractivity contribution is 7.12. The molecule has 0 saturated carbocycles. The normalized spacial score (nSPS) is 10.8. The van der Waals surface area contributed by atoms with Gasteiger partial charge in [0.25, 0.3) is 0 Å². The summed E-state index contributed by atoms with van der Waals surface area (Å²) in [4.78, 5) is 11.8. The van der Waals surface area contributed by atoms with Gasteiger partial charge in [-0.2, -0.15) is 0 Å². The lowest BCUT2D eigenvalue weighted by Crippen LogP contribution is -1.84. The lowest BCUT2D eigenvalue weighted by Gasteiger charge is -1.83. The number of thiophene rings is 1. The zero-order valence-electron chi connectivity index (χ0n) is 6.23. The van der Waals surface area contributed by atoms with Gasteiger partial charge in [0.2, 0.25) is 0 Å². The van der Waals surface area contributed by atoms with E-state index in [2.05, 4.69) is 0 Å². The molecule has 0 aliphatic rings. The van der Waals surface area contributed by atoms with E-state index in [-0.39, 0.29) is 6.61 Å². The van der Waals surface area contributed by atoms with Crippen LogP contribution < -0.4 is 0 Å². The van der Waals surface area contributed by atoms with E-state index in [1.165, 1.54) is 17.4 Å². The zero-order valence-corrected chi connectivity index (χ0v) is 7.04. The highest BCUT2D eigenvalue weighted by Crippen LogP contribution is 2.17. The van der Waals surface area contributed by atoms with Crippen molar-refractivity contribution in [2.45, 2.75) is 6.61 Å². The van der Waals surface area contributed by atoms with E-state index in [0.717, 1.165) is 15.8 Å². The van der Waals surface area contributed by atoms with Crippen LogP contribution in [-0.4, -0.2) is 16.2 Å². The van der Waals surface area contributed by atoms with Crippen molar-refractivity contribution in [3.63, 3.8) is 0 Å². The van der Waals surface area contributed by atoms with Crippen molar-refractivity contribution < 1.29 is 15.0 Å². The Kier molecular flexibility index (Phi) is 3.01. The van der Waals surface area contributed by atoms with Gasteiger partial charge in [-0.1, -0.05) is 0 Å². The van der Waals surface area contributed by atoms with E-state index in [1.807, 2.05) is 0 Å². The molecule has 0 fully saturated rings. The van der Waals surface area contributed by atoms with Gasteiger partial charge in [0.15, 0.2) is 0 Å². The van der Waals surface area contributed by atoms with Crippen LogP contribution in [0.25, 0.3) is 6.08 Å². The molecule has 1 aromatic rings. The third kappa shape index (κ3) is 2.48. The number of carbonyl (C=O) groups is 1. The van der Waals surface area contributed by atoms with Crippen LogP contribution in [0.3, 0.4) is 0 Å². The molecule has 0 atom stereocenters. The number of aliphatic hydroxyl groups is 1. The molecule has 12 heavy (non-hydrogen) atoms. The number of aliphatic hydroxyl groups excluding tert-OH is 1. The average Bonchev–Trinajstić information content (AvgIpc) is 2.48. The molecule has 0 bridgehead atoms. The number of hydrogen-bond donors (Lipinski definition) is 2. The van der Waals surface area contributed by atoms with Crippen LogP contribution >= 0.6 is 11.3 Å². The second kappa shape index (κ2) is 4.04. The molecule has 3 nitrogen and oxygen atoms in total. The van der Waals surface area contributed by atoms with E-state index in [0.29, 0.717) is 0 Å². The molecule has 0 aliphatic carbocycles. The number of hydrogen-bond acceptors (Lipinski definition) is 3. The SMILES string of the molecule is O=C(O)C=Cc1ccc(CO)s1. The lowest BCUT2D eigenvalue weighted by molar-refractivity contribution is -0.131. The minimum Gasteiger partial charge on any atom is -0.478 e. The number of carboxylic acids is 1. The van der Waals surface area contributed by atoms with Crippen LogP contribution in [-0.2, 0) is 11.4 Å². The highest BCUT2D eigenvalue weighted by Gasteiger charge is 1.95. The molecule has 0 amide bonds. The minimum absolute atomic E-state index is 0.00553.